The summed E-state index contributed by atoms with van der Waals surface area (Å²) in [4.78, 5) is 25.4. The summed E-state index contributed by atoms with van der Waals surface area (Å²) in [5.74, 6) is 0.219. The van der Waals surface area contributed by atoms with E-state index < -0.39 is 11.9 Å². The van der Waals surface area contributed by atoms with E-state index in [4.69, 9.17) is 25.8 Å². The third-order valence-electron chi connectivity index (χ3n) is 4.62. The van der Waals surface area contributed by atoms with Crippen molar-refractivity contribution in [1.29, 1.82) is 0 Å². The Bertz CT molecular complexity index is 1130. The molecule has 0 saturated heterocycles. The van der Waals surface area contributed by atoms with E-state index in [-0.39, 0.29) is 24.1 Å². The number of nitrogens with one attached hydrogen (secondary N) is 1. The van der Waals surface area contributed by atoms with Crippen molar-refractivity contribution in [2.75, 3.05) is 12.4 Å². The van der Waals surface area contributed by atoms with Gasteiger partial charge in [0.05, 0.1) is 18.9 Å². The molecule has 0 saturated carbocycles. The minimum atomic E-state index is -0.598. The molecule has 174 valence electrons. The summed E-state index contributed by atoms with van der Waals surface area (Å²) in [7, 11) is 1.55. The van der Waals surface area contributed by atoms with Crippen molar-refractivity contribution in [3.8, 4) is 11.5 Å². The molecule has 0 radical (unpaired) electrons. The van der Waals surface area contributed by atoms with Gasteiger partial charge in [-0.25, -0.2) is 4.79 Å². The Hall–Kier alpha value is -3.52. The number of carbonyl (C=O) groups excluding carboxylic acids is 2. The van der Waals surface area contributed by atoms with E-state index in [1.165, 1.54) is 0 Å². The van der Waals surface area contributed by atoms with Crippen LogP contribution in [0.5, 0.6) is 11.5 Å². The number of ether oxygens (including phenoxy) is 3. The molecule has 1 N–H and O–H groups in total. The van der Waals surface area contributed by atoms with E-state index in [2.05, 4.69) is 10.4 Å². The fourth-order valence-electron chi connectivity index (χ4n) is 3.01. The molecule has 33 heavy (non-hydrogen) atoms. The molecular formula is C24H26ClN3O5. The molecule has 0 aliphatic rings. The monoisotopic (exact) mass is 471 g/mol. The predicted molar refractivity (Wildman–Crippen MR) is 125 cm³/mol. The summed E-state index contributed by atoms with van der Waals surface area (Å²) in [6.07, 6.45) is 1.29. The Balaban J connectivity index is 1.80. The number of aryl methyl sites for hydroxylation is 1. The summed E-state index contributed by atoms with van der Waals surface area (Å²) in [6.45, 7) is 6.10. The van der Waals surface area contributed by atoms with E-state index in [0.717, 1.165) is 0 Å². The van der Waals surface area contributed by atoms with Crippen LogP contribution in [-0.4, -0.2) is 34.9 Å². The second kappa shape index (κ2) is 10.9. The smallest absolute Gasteiger partial charge is 0.361 e. The van der Waals surface area contributed by atoms with Crippen LogP contribution in [0.2, 0.25) is 5.02 Å². The van der Waals surface area contributed by atoms with E-state index in [1.807, 2.05) is 6.92 Å². The summed E-state index contributed by atoms with van der Waals surface area (Å²) < 4.78 is 18.0. The van der Waals surface area contributed by atoms with Crippen molar-refractivity contribution < 1.29 is 23.8 Å². The maximum atomic E-state index is 13.0. The zero-order valence-electron chi connectivity index (χ0n) is 18.9. The summed E-state index contributed by atoms with van der Waals surface area (Å²) in [5.41, 5.74) is 1.39. The zero-order valence-corrected chi connectivity index (χ0v) is 19.7. The average Bonchev–Trinajstić information content (AvgIpc) is 3.21. The van der Waals surface area contributed by atoms with Crippen LogP contribution in [0.3, 0.4) is 0 Å². The lowest BCUT2D eigenvalue weighted by Crippen LogP contribution is -2.17. The molecule has 1 aromatic heterocycles. The Morgan fingerprint density at radius 2 is 1.88 bits per heavy atom. The van der Waals surface area contributed by atoms with Crippen molar-refractivity contribution in [3.05, 3.63) is 70.5 Å². The first kappa shape index (κ1) is 24.1. The second-order valence-electron chi connectivity index (χ2n) is 7.42. The fraction of sp³-hybridized carbons (Fsp3) is 0.292. The molecule has 2 aromatic carbocycles. The maximum absolute atomic E-state index is 13.0. The molecule has 8 nitrogen and oxygen atoms in total. The molecule has 0 bridgehead atoms. The minimum Gasteiger partial charge on any atom is -0.496 e. The normalized spacial score (nSPS) is 10.7. The van der Waals surface area contributed by atoms with Gasteiger partial charge in [-0.2, -0.15) is 5.10 Å². The van der Waals surface area contributed by atoms with E-state index in [1.54, 1.807) is 74.3 Å². The van der Waals surface area contributed by atoms with Crippen molar-refractivity contribution in [1.82, 2.24) is 9.78 Å². The Morgan fingerprint density at radius 1 is 1.15 bits per heavy atom. The molecule has 3 rings (SSSR count). The Kier molecular flexibility index (Phi) is 7.95. The molecule has 1 amide bonds. The van der Waals surface area contributed by atoms with Crippen molar-refractivity contribution in [2.45, 2.75) is 40.0 Å². The van der Waals surface area contributed by atoms with Gasteiger partial charge in [0.2, 0.25) is 0 Å². The molecule has 1 heterocycles. The highest BCUT2D eigenvalue weighted by molar-refractivity contribution is 6.30. The lowest BCUT2D eigenvalue weighted by molar-refractivity contribution is 0.0371. The number of hydrogen-bond donors (Lipinski definition) is 1. The van der Waals surface area contributed by atoms with Gasteiger partial charge in [-0.1, -0.05) is 11.6 Å². The van der Waals surface area contributed by atoms with Crippen LogP contribution < -0.4 is 14.8 Å². The van der Waals surface area contributed by atoms with Gasteiger partial charge in [0.1, 0.15) is 18.1 Å². The predicted octanol–water partition coefficient (Wildman–Crippen LogP) is 4.96. The van der Waals surface area contributed by atoms with Crippen LogP contribution in [0.4, 0.5) is 5.69 Å². The number of anilines is 1. The van der Waals surface area contributed by atoms with Gasteiger partial charge in [-0.3, -0.25) is 9.48 Å². The molecule has 0 aliphatic carbocycles. The first-order valence-electron chi connectivity index (χ1n) is 10.5. The number of aromatic nitrogens is 2. The number of methoxy groups -OCH3 is 1. The number of halogens is 1. The van der Waals surface area contributed by atoms with Crippen molar-refractivity contribution in [2.24, 2.45) is 0 Å². The summed E-state index contributed by atoms with van der Waals surface area (Å²) >= 11 is 5.91. The summed E-state index contributed by atoms with van der Waals surface area (Å²) in [6, 6.07) is 12.0. The van der Waals surface area contributed by atoms with Crippen LogP contribution in [0.1, 0.15) is 47.2 Å². The van der Waals surface area contributed by atoms with Gasteiger partial charge in [-0.15, -0.1) is 0 Å². The minimum absolute atomic E-state index is 0.0544. The molecule has 9 heteroatoms. The number of esters is 1. The lowest BCUT2D eigenvalue weighted by atomic mass is 10.1. The van der Waals surface area contributed by atoms with Gasteiger partial charge < -0.3 is 19.5 Å². The van der Waals surface area contributed by atoms with Crippen LogP contribution in [0, 0.1) is 0 Å². The third-order valence-corrected chi connectivity index (χ3v) is 4.87. The van der Waals surface area contributed by atoms with Crippen LogP contribution in [0.15, 0.2) is 48.7 Å². The van der Waals surface area contributed by atoms with E-state index in [0.29, 0.717) is 34.2 Å². The fourth-order valence-corrected chi connectivity index (χ4v) is 3.14. The van der Waals surface area contributed by atoms with Gasteiger partial charge in [0.25, 0.3) is 5.91 Å². The number of rotatable bonds is 9. The van der Waals surface area contributed by atoms with E-state index in [9.17, 15) is 9.59 Å². The highest BCUT2D eigenvalue weighted by atomic mass is 35.5. The molecule has 0 spiro atoms. The molecule has 0 fully saturated rings. The van der Waals surface area contributed by atoms with Crippen LogP contribution >= 0.6 is 11.6 Å². The van der Waals surface area contributed by atoms with Crippen LogP contribution in [0.25, 0.3) is 0 Å². The van der Waals surface area contributed by atoms with Crippen LogP contribution in [-0.2, 0) is 17.9 Å². The van der Waals surface area contributed by atoms with E-state index >= 15 is 0 Å². The third kappa shape index (κ3) is 6.26. The lowest BCUT2D eigenvalue weighted by Gasteiger charge is -2.13. The SMILES string of the molecule is CCn1cc(NC(=O)c2ccc(OC)c(COc3ccc(Cl)cc3)c2)c(C(=O)OC(C)C)n1. The van der Waals surface area contributed by atoms with Gasteiger partial charge in [-0.05, 0) is 63.2 Å². The van der Waals surface area contributed by atoms with Gasteiger partial charge >= 0.3 is 5.97 Å². The molecule has 0 unspecified atom stereocenters. The highest BCUT2D eigenvalue weighted by Crippen LogP contribution is 2.24. The summed E-state index contributed by atoms with van der Waals surface area (Å²) in [5, 5.41) is 7.59. The maximum Gasteiger partial charge on any atom is 0.361 e. The number of amides is 1. The first-order chi connectivity index (χ1) is 15.8. The van der Waals surface area contributed by atoms with Gasteiger partial charge in [0, 0.05) is 28.9 Å². The Labute approximate surface area is 197 Å². The molecule has 0 aliphatic heterocycles. The number of benzene rings is 2. The highest BCUT2D eigenvalue weighted by Gasteiger charge is 2.22. The molecule has 3 aromatic rings. The molecule has 0 atom stereocenters. The topological polar surface area (TPSA) is 91.7 Å². The number of carbonyl (C=O) groups is 2. The van der Waals surface area contributed by atoms with Crippen molar-refractivity contribution >= 4 is 29.2 Å². The number of nitrogens with zero attached hydrogens (tertiary/aromatic N) is 2. The molecular weight excluding hydrogens is 446 g/mol. The Morgan fingerprint density at radius 3 is 2.52 bits per heavy atom. The van der Waals surface area contributed by atoms with Gasteiger partial charge in [0.15, 0.2) is 5.69 Å². The zero-order chi connectivity index (χ0) is 24.0. The number of hydrogen-bond acceptors (Lipinski definition) is 6. The van der Waals surface area contributed by atoms with Crippen molar-refractivity contribution in [3.63, 3.8) is 0 Å². The second-order valence-corrected chi connectivity index (χ2v) is 7.86. The quantitative estimate of drug-likeness (QED) is 0.443. The average molecular weight is 472 g/mol. The largest absolute Gasteiger partial charge is 0.496 e. The first-order valence-corrected chi connectivity index (χ1v) is 10.8. The standard InChI is InChI=1S/C24H26ClN3O5/c1-5-28-13-20(22(27-28)24(30)33-15(2)3)26-23(29)16-6-11-21(31-4)17(12-16)14-32-19-9-7-18(25)8-10-19/h6-13,15H,5,14H2,1-4H3,(H,26,29).